The largest absolute Gasteiger partial charge is 0.399 e. The molecule has 1 saturated heterocycles. The lowest BCUT2D eigenvalue weighted by molar-refractivity contribution is 0.586. The molecule has 0 amide bonds. The Bertz CT molecular complexity index is 613. The van der Waals surface area contributed by atoms with Gasteiger partial charge in [0, 0.05) is 24.5 Å². The van der Waals surface area contributed by atoms with Crippen LogP contribution in [0.15, 0.2) is 42.5 Å². The van der Waals surface area contributed by atoms with E-state index in [1.54, 1.807) is 0 Å². The number of nitrogens with zero attached hydrogens (tertiary/aromatic N) is 1. The van der Waals surface area contributed by atoms with E-state index in [2.05, 4.69) is 55.1 Å². The Kier molecular flexibility index (Phi) is 3.87. The second-order valence-corrected chi connectivity index (χ2v) is 6.29. The standard InChI is InChI=1S/C19H24N2/c1-14-5-3-6-15(2)19(14)21-10-9-17(13-21)11-16-7-4-8-18(20)12-16/h3-8,12,17H,9-11,13,20H2,1-2H3. The Labute approximate surface area is 127 Å². The van der Waals surface area contributed by atoms with Crippen LogP contribution in [-0.2, 0) is 6.42 Å². The average molecular weight is 280 g/mol. The number of anilines is 2. The normalized spacial score (nSPS) is 18.2. The second kappa shape index (κ2) is 5.80. The molecule has 110 valence electrons. The molecule has 1 unspecified atom stereocenters. The molecular formula is C19H24N2. The summed E-state index contributed by atoms with van der Waals surface area (Å²) >= 11 is 0. The van der Waals surface area contributed by atoms with Crippen molar-refractivity contribution in [1.29, 1.82) is 0 Å². The topological polar surface area (TPSA) is 29.3 Å². The highest BCUT2D eigenvalue weighted by atomic mass is 15.2. The van der Waals surface area contributed by atoms with Crippen molar-refractivity contribution in [2.24, 2.45) is 5.92 Å². The van der Waals surface area contributed by atoms with Gasteiger partial charge < -0.3 is 10.6 Å². The summed E-state index contributed by atoms with van der Waals surface area (Å²) in [7, 11) is 0. The molecule has 2 N–H and O–H groups in total. The molecule has 2 aromatic rings. The maximum atomic E-state index is 5.88. The van der Waals surface area contributed by atoms with Crippen LogP contribution < -0.4 is 10.6 Å². The van der Waals surface area contributed by atoms with Crippen LogP contribution in [0.3, 0.4) is 0 Å². The van der Waals surface area contributed by atoms with E-state index in [4.69, 9.17) is 5.73 Å². The lowest BCUT2D eigenvalue weighted by Gasteiger charge is -2.23. The molecule has 2 aromatic carbocycles. The van der Waals surface area contributed by atoms with Crippen molar-refractivity contribution < 1.29 is 0 Å². The SMILES string of the molecule is Cc1cccc(C)c1N1CCC(Cc2cccc(N)c2)C1. The molecule has 2 heteroatoms. The molecule has 0 bridgehead atoms. The number of hydrogen-bond acceptors (Lipinski definition) is 2. The second-order valence-electron chi connectivity index (χ2n) is 6.29. The minimum absolute atomic E-state index is 0.728. The number of nitrogens with two attached hydrogens (primary N) is 1. The van der Waals surface area contributed by atoms with Crippen LogP contribution in [0.4, 0.5) is 11.4 Å². The van der Waals surface area contributed by atoms with E-state index in [0.717, 1.165) is 24.6 Å². The van der Waals surface area contributed by atoms with Gasteiger partial charge in [0.1, 0.15) is 0 Å². The first-order valence-electron chi connectivity index (χ1n) is 7.79. The van der Waals surface area contributed by atoms with Gasteiger partial charge in [0.15, 0.2) is 0 Å². The Morgan fingerprint density at radius 2 is 1.81 bits per heavy atom. The Balaban J connectivity index is 1.71. The maximum Gasteiger partial charge on any atom is 0.0425 e. The van der Waals surface area contributed by atoms with Crippen LogP contribution in [0.2, 0.25) is 0 Å². The fraction of sp³-hybridized carbons (Fsp3) is 0.368. The minimum atomic E-state index is 0.728. The molecule has 0 aromatic heterocycles. The molecule has 1 aliphatic rings. The van der Waals surface area contributed by atoms with Crippen LogP contribution in [0.5, 0.6) is 0 Å². The summed E-state index contributed by atoms with van der Waals surface area (Å²) in [6.45, 7) is 6.75. The number of rotatable bonds is 3. The van der Waals surface area contributed by atoms with Crippen molar-refractivity contribution >= 4 is 11.4 Å². The first kappa shape index (κ1) is 14.0. The van der Waals surface area contributed by atoms with E-state index in [0.29, 0.717) is 0 Å². The number of benzene rings is 2. The third-order valence-corrected chi connectivity index (χ3v) is 4.52. The quantitative estimate of drug-likeness (QED) is 0.862. The predicted molar refractivity (Wildman–Crippen MR) is 90.8 cm³/mol. The summed E-state index contributed by atoms with van der Waals surface area (Å²) in [6.07, 6.45) is 2.40. The first-order valence-corrected chi connectivity index (χ1v) is 7.79. The zero-order valence-corrected chi connectivity index (χ0v) is 13.0. The third-order valence-electron chi connectivity index (χ3n) is 4.52. The lowest BCUT2D eigenvalue weighted by atomic mass is 9.98. The number of para-hydroxylation sites is 1. The zero-order valence-electron chi connectivity index (χ0n) is 13.0. The van der Waals surface area contributed by atoms with Crippen molar-refractivity contribution in [2.45, 2.75) is 26.7 Å². The molecular weight excluding hydrogens is 256 g/mol. The molecule has 21 heavy (non-hydrogen) atoms. The van der Waals surface area contributed by atoms with Crippen LogP contribution in [-0.4, -0.2) is 13.1 Å². The molecule has 1 fully saturated rings. The highest BCUT2D eigenvalue weighted by Crippen LogP contribution is 2.31. The molecule has 0 spiro atoms. The number of nitrogen functional groups attached to an aromatic ring is 1. The van der Waals surface area contributed by atoms with Crippen LogP contribution in [0.25, 0.3) is 0 Å². The smallest absolute Gasteiger partial charge is 0.0425 e. The highest BCUT2D eigenvalue weighted by molar-refractivity contribution is 5.59. The molecule has 1 aliphatic heterocycles. The molecule has 0 aliphatic carbocycles. The molecule has 0 saturated carbocycles. The Morgan fingerprint density at radius 1 is 1.10 bits per heavy atom. The molecule has 0 radical (unpaired) electrons. The van der Waals surface area contributed by atoms with E-state index >= 15 is 0 Å². The van der Waals surface area contributed by atoms with Gasteiger partial charge in [-0.05, 0) is 61.4 Å². The monoisotopic (exact) mass is 280 g/mol. The van der Waals surface area contributed by atoms with E-state index < -0.39 is 0 Å². The summed E-state index contributed by atoms with van der Waals surface area (Å²) in [5.74, 6) is 0.728. The van der Waals surface area contributed by atoms with Crippen LogP contribution >= 0.6 is 0 Å². The van der Waals surface area contributed by atoms with Gasteiger partial charge in [-0.1, -0.05) is 30.3 Å². The minimum Gasteiger partial charge on any atom is -0.399 e. The third kappa shape index (κ3) is 3.05. The van der Waals surface area contributed by atoms with Gasteiger partial charge in [-0.15, -0.1) is 0 Å². The lowest BCUT2D eigenvalue weighted by Crippen LogP contribution is -2.22. The van der Waals surface area contributed by atoms with E-state index in [9.17, 15) is 0 Å². The summed E-state index contributed by atoms with van der Waals surface area (Å²) in [6, 6.07) is 14.9. The van der Waals surface area contributed by atoms with Gasteiger partial charge in [-0.3, -0.25) is 0 Å². The Morgan fingerprint density at radius 3 is 2.52 bits per heavy atom. The fourth-order valence-corrected chi connectivity index (χ4v) is 3.56. The zero-order chi connectivity index (χ0) is 14.8. The van der Waals surface area contributed by atoms with Crippen molar-refractivity contribution in [3.05, 3.63) is 59.2 Å². The van der Waals surface area contributed by atoms with E-state index in [-0.39, 0.29) is 0 Å². The van der Waals surface area contributed by atoms with Crippen molar-refractivity contribution in [3.8, 4) is 0 Å². The molecule has 2 nitrogen and oxygen atoms in total. The fourth-order valence-electron chi connectivity index (χ4n) is 3.56. The van der Waals surface area contributed by atoms with Crippen LogP contribution in [0.1, 0.15) is 23.1 Å². The van der Waals surface area contributed by atoms with E-state index in [1.165, 1.54) is 35.3 Å². The van der Waals surface area contributed by atoms with Gasteiger partial charge in [-0.2, -0.15) is 0 Å². The summed E-state index contributed by atoms with van der Waals surface area (Å²) in [5, 5.41) is 0. The number of hydrogen-bond donors (Lipinski definition) is 1. The van der Waals surface area contributed by atoms with Gasteiger partial charge in [0.25, 0.3) is 0 Å². The first-order chi connectivity index (χ1) is 10.1. The highest BCUT2D eigenvalue weighted by Gasteiger charge is 2.24. The average Bonchev–Trinajstić information content (AvgIpc) is 2.87. The summed E-state index contributed by atoms with van der Waals surface area (Å²) in [4.78, 5) is 2.56. The summed E-state index contributed by atoms with van der Waals surface area (Å²) in [5.41, 5.74) is 12.3. The van der Waals surface area contributed by atoms with Crippen molar-refractivity contribution in [1.82, 2.24) is 0 Å². The van der Waals surface area contributed by atoms with Crippen molar-refractivity contribution in [2.75, 3.05) is 23.7 Å². The van der Waals surface area contributed by atoms with Gasteiger partial charge in [-0.25, -0.2) is 0 Å². The predicted octanol–water partition coefficient (Wildman–Crippen LogP) is 3.95. The molecule has 1 atom stereocenters. The molecule has 1 heterocycles. The van der Waals surface area contributed by atoms with Gasteiger partial charge >= 0.3 is 0 Å². The molecule has 3 rings (SSSR count). The van der Waals surface area contributed by atoms with E-state index in [1.807, 2.05) is 6.07 Å². The summed E-state index contributed by atoms with van der Waals surface area (Å²) < 4.78 is 0. The van der Waals surface area contributed by atoms with Gasteiger partial charge in [0.05, 0.1) is 0 Å². The van der Waals surface area contributed by atoms with Gasteiger partial charge in [0.2, 0.25) is 0 Å². The number of aryl methyl sites for hydroxylation is 2. The maximum absolute atomic E-state index is 5.88. The van der Waals surface area contributed by atoms with Crippen LogP contribution in [0, 0.1) is 19.8 Å². The van der Waals surface area contributed by atoms with Crippen molar-refractivity contribution in [3.63, 3.8) is 0 Å². The Hall–Kier alpha value is -1.96.